The van der Waals surface area contributed by atoms with E-state index in [0.29, 0.717) is 34.9 Å². The van der Waals surface area contributed by atoms with Gasteiger partial charge in [0, 0.05) is 55.6 Å². The summed E-state index contributed by atoms with van der Waals surface area (Å²) >= 11 is 0. The van der Waals surface area contributed by atoms with Crippen LogP contribution in [0.5, 0.6) is 23.0 Å². The maximum atomic E-state index is 6.76. The zero-order valence-electron chi connectivity index (χ0n) is 53.8. The number of nitrogens with zero attached hydrogens (tertiary/aromatic N) is 6. The Kier molecular flexibility index (Phi) is 12.9. The fourth-order valence-electron chi connectivity index (χ4n) is 16.2. The van der Waals surface area contributed by atoms with Crippen LogP contribution in [0.15, 0.2) is 340 Å². The molecule has 0 fully saturated rings. The van der Waals surface area contributed by atoms with Crippen LogP contribution in [0.4, 0.5) is 0 Å². The van der Waals surface area contributed by atoms with Crippen LogP contribution < -0.4 is 9.47 Å². The maximum absolute atomic E-state index is 6.76. The van der Waals surface area contributed by atoms with Gasteiger partial charge in [0.2, 0.25) is 0 Å². The Bertz CT molecular complexity index is 5830. The molecule has 4 aliphatic rings. The van der Waals surface area contributed by atoms with Crippen molar-refractivity contribution >= 4 is 0 Å². The molecule has 0 atom stereocenters. The summed E-state index contributed by atoms with van der Waals surface area (Å²) in [5.41, 5.74) is 24.3. The molecule has 2 aliphatic carbocycles. The smallest absolute Gasteiger partial charge is 0.164 e. The van der Waals surface area contributed by atoms with Crippen molar-refractivity contribution in [2.45, 2.75) is 10.8 Å². The summed E-state index contributed by atoms with van der Waals surface area (Å²) in [7, 11) is 0. The number of aromatic nitrogens is 6. The van der Waals surface area contributed by atoms with Crippen LogP contribution in [-0.4, -0.2) is 29.9 Å². The van der Waals surface area contributed by atoms with E-state index in [9.17, 15) is 0 Å². The van der Waals surface area contributed by atoms with E-state index >= 15 is 0 Å². The molecule has 2 aliphatic heterocycles. The van der Waals surface area contributed by atoms with Crippen LogP contribution >= 0.6 is 0 Å². The van der Waals surface area contributed by atoms with E-state index in [1.807, 2.05) is 78.9 Å². The summed E-state index contributed by atoms with van der Waals surface area (Å²) < 4.78 is 13.5. The molecule has 8 nitrogen and oxygen atoms in total. The summed E-state index contributed by atoms with van der Waals surface area (Å²) in [6, 6.07) is 120. The summed E-state index contributed by atoms with van der Waals surface area (Å²) in [4.78, 5) is 31.4. The first kappa shape index (κ1) is 57.0. The molecule has 0 saturated heterocycles. The van der Waals surface area contributed by atoms with Crippen molar-refractivity contribution in [2.24, 2.45) is 0 Å². The first-order valence-corrected chi connectivity index (χ1v) is 33.8. The molecule has 0 radical (unpaired) electrons. The highest BCUT2D eigenvalue weighted by Crippen LogP contribution is 2.65. The largest absolute Gasteiger partial charge is 0.457 e. The lowest BCUT2D eigenvalue weighted by molar-refractivity contribution is 0.436. The van der Waals surface area contributed by atoms with E-state index < -0.39 is 10.8 Å². The van der Waals surface area contributed by atoms with Crippen molar-refractivity contribution in [2.75, 3.05) is 0 Å². The van der Waals surface area contributed by atoms with Crippen molar-refractivity contribution in [1.29, 1.82) is 0 Å². The highest BCUT2D eigenvalue weighted by Gasteiger charge is 2.53. The van der Waals surface area contributed by atoms with Gasteiger partial charge in [0.15, 0.2) is 34.9 Å². The average Bonchev–Trinajstić information content (AvgIpc) is 1.51. The third-order valence-electron chi connectivity index (χ3n) is 20.5. The number of para-hydroxylation sites is 4. The number of fused-ring (bicyclic) bond motifs is 18. The van der Waals surface area contributed by atoms with Gasteiger partial charge in [-0.2, -0.15) is 0 Å². The van der Waals surface area contributed by atoms with Gasteiger partial charge in [0.25, 0.3) is 0 Å². The summed E-state index contributed by atoms with van der Waals surface area (Å²) in [5.74, 6) is 6.95. The van der Waals surface area contributed by atoms with Crippen molar-refractivity contribution in [3.8, 4) is 147 Å². The number of hydrogen-bond donors (Lipinski definition) is 0. The molecule has 20 rings (SSSR count). The molecule has 466 valence electrons. The molecule has 16 aromatic rings. The second-order valence-electron chi connectivity index (χ2n) is 25.9. The lowest BCUT2D eigenvalue weighted by atomic mass is 9.66. The van der Waals surface area contributed by atoms with Crippen LogP contribution in [0.3, 0.4) is 0 Å². The second kappa shape index (κ2) is 22.7. The minimum atomic E-state index is -0.684. The molecule has 2 spiro atoms. The molecule has 14 aromatic carbocycles. The minimum Gasteiger partial charge on any atom is -0.457 e. The normalized spacial score (nSPS) is 13.3. The number of ether oxygens (including phenoxy) is 2. The topological polar surface area (TPSA) is 95.8 Å². The molecular formula is C92H56N6O2. The first-order chi connectivity index (χ1) is 49.5. The van der Waals surface area contributed by atoms with Gasteiger partial charge in [0.1, 0.15) is 23.0 Å². The summed E-state index contributed by atoms with van der Waals surface area (Å²) in [6.07, 6.45) is 0. The Balaban J connectivity index is 0.693. The Hall–Kier alpha value is -13.3. The van der Waals surface area contributed by atoms with Crippen molar-refractivity contribution < 1.29 is 9.47 Å². The fraction of sp³-hybridized carbons (Fsp3) is 0.0217. The number of rotatable bonds is 9. The lowest BCUT2D eigenvalue weighted by Gasteiger charge is -2.39. The van der Waals surface area contributed by atoms with Crippen LogP contribution in [0.25, 0.3) is 124 Å². The predicted octanol–water partition coefficient (Wildman–Crippen LogP) is 22.0. The summed E-state index contributed by atoms with van der Waals surface area (Å²) in [6.45, 7) is 0. The van der Waals surface area contributed by atoms with Crippen molar-refractivity contribution in [3.63, 3.8) is 0 Å². The predicted molar refractivity (Wildman–Crippen MR) is 397 cm³/mol. The van der Waals surface area contributed by atoms with E-state index in [1.54, 1.807) is 0 Å². The van der Waals surface area contributed by atoms with Gasteiger partial charge < -0.3 is 9.47 Å². The standard InChI is InChI=1S/C92H56N6O2/c1-5-23-58(24-6-1)68-33-22-38-79-84(68)71-56-67(49-52-74(71)92(79)77-36-15-19-41-82(77)100-83-42-20-16-37-78(83)92)90-97-87(61-29-11-4-12-30-61)94-88(98-90)62-45-43-57(44-46-62)63-31-21-32-64(53-63)65-47-50-72-69(54-65)70-55-66(89-95-85(59-25-7-2-8-26-59)93-86(96-89)60-27-9-3-10-28-60)48-51-73(70)91(72)75-34-13-17-39-80(75)99-81-40-18-14-35-76(81)91/h1-56H. The monoisotopic (exact) mass is 1280 g/mol. The second-order valence-corrected chi connectivity index (χ2v) is 25.9. The zero-order chi connectivity index (χ0) is 65.9. The van der Waals surface area contributed by atoms with E-state index in [4.69, 9.17) is 39.4 Å². The van der Waals surface area contributed by atoms with Crippen LogP contribution in [0, 0.1) is 0 Å². The van der Waals surface area contributed by atoms with Gasteiger partial charge in [0.05, 0.1) is 10.8 Å². The van der Waals surface area contributed by atoms with Gasteiger partial charge in [-0.05, 0) is 126 Å². The SMILES string of the molecule is c1ccc(-c2nc(-c3ccccc3)nc(-c3ccc4c(c3)-c3cc(-c5cccc(-c6ccc(-c7nc(-c8ccccc8)nc(-c8ccc9c(c8)-c8c(-c%10ccccc%10)cccc8C98c9ccccc9Oc9ccccc98)n7)cc6)c5)ccc3C43c4ccccc4Oc4ccccc43)n2)cc1. The Labute approximate surface area is 578 Å². The third kappa shape index (κ3) is 8.80. The van der Waals surface area contributed by atoms with Crippen LogP contribution in [0.1, 0.15) is 44.5 Å². The molecule has 2 aromatic heterocycles. The highest BCUT2D eigenvalue weighted by atomic mass is 16.5. The Morgan fingerprint density at radius 2 is 0.450 bits per heavy atom. The molecular weight excluding hydrogens is 1220 g/mol. The highest BCUT2D eigenvalue weighted by molar-refractivity contribution is 5.98. The quantitative estimate of drug-likeness (QED) is 0.141. The molecule has 0 unspecified atom stereocenters. The van der Waals surface area contributed by atoms with E-state index in [0.717, 1.165) is 129 Å². The third-order valence-corrected chi connectivity index (χ3v) is 20.5. The summed E-state index contributed by atoms with van der Waals surface area (Å²) in [5, 5.41) is 0. The lowest BCUT2D eigenvalue weighted by Crippen LogP contribution is -2.32. The molecule has 0 amide bonds. The first-order valence-electron chi connectivity index (χ1n) is 33.8. The van der Waals surface area contributed by atoms with Crippen molar-refractivity contribution in [3.05, 3.63) is 384 Å². The van der Waals surface area contributed by atoms with Gasteiger partial charge in [-0.15, -0.1) is 0 Å². The molecule has 4 heterocycles. The van der Waals surface area contributed by atoms with E-state index in [-0.39, 0.29) is 0 Å². The minimum absolute atomic E-state index is 0.580. The molecule has 0 N–H and O–H groups in total. The molecule has 100 heavy (non-hydrogen) atoms. The fourth-order valence-corrected chi connectivity index (χ4v) is 16.2. The maximum Gasteiger partial charge on any atom is 0.164 e. The Morgan fingerprint density at radius 1 is 0.170 bits per heavy atom. The molecule has 0 saturated carbocycles. The average molecular weight is 1280 g/mol. The number of hydrogen-bond acceptors (Lipinski definition) is 8. The van der Waals surface area contributed by atoms with Gasteiger partial charge in [-0.1, -0.05) is 291 Å². The molecule has 8 heteroatoms. The van der Waals surface area contributed by atoms with Crippen molar-refractivity contribution in [1.82, 2.24) is 29.9 Å². The van der Waals surface area contributed by atoms with Gasteiger partial charge >= 0.3 is 0 Å². The zero-order valence-corrected chi connectivity index (χ0v) is 53.8. The van der Waals surface area contributed by atoms with Crippen LogP contribution in [-0.2, 0) is 10.8 Å². The number of benzene rings is 14. The van der Waals surface area contributed by atoms with Crippen LogP contribution in [0.2, 0.25) is 0 Å². The van der Waals surface area contributed by atoms with Gasteiger partial charge in [-0.25, -0.2) is 29.9 Å². The van der Waals surface area contributed by atoms with E-state index in [2.05, 4.69) is 261 Å². The van der Waals surface area contributed by atoms with E-state index in [1.165, 1.54) is 27.8 Å². The van der Waals surface area contributed by atoms with Gasteiger partial charge in [-0.3, -0.25) is 0 Å². The molecule has 0 bridgehead atoms. The Morgan fingerprint density at radius 3 is 0.900 bits per heavy atom.